The van der Waals surface area contributed by atoms with Gasteiger partial charge in [0.2, 0.25) is 0 Å². The normalized spacial score (nSPS) is 25.4. The molecular formula is C14H15ClNO. The maximum absolute atomic E-state index is 5.94. The van der Waals surface area contributed by atoms with E-state index in [0.717, 1.165) is 10.9 Å². The maximum Gasteiger partial charge on any atom is 0.273 e. The Morgan fingerprint density at radius 1 is 1.29 bits per heavy atom. The van der Waals surface area contributed by atoms with Crippen LogP contribution < -0.4 is 0 Å². The summed E-state index contributed by atoms with van der Waals surface area (Å²) in [6.45, 7) is 0.670. The van der Waals surface area contributed by atoms with E-state index in [0.29, 0.717) is 12.5 Å². The average molecular weight is 249 g/mol. The molecule has 2 nitrogen and oxygen atoms in total. The Morgan fingerprint density at radius 2 is 2.06 bits per heavy atom. The van der Waals surface area contributed by atoms with Crippen LogP contribution in [0.2, 0.25) is 5.02 Å². The summed E-state index contributed by atoms with van der Waals surface area (Å²) in [5.41, 5.74) is 1.33. The summed E-state index contributed by atoms with van der Waals surface area (Å²) in [5, 5.41) is 0.791. The molecule has 1 aromatic rings. The van der Waals surface area contributed by atoms with Gasteiger partial charge >= 0.3 is 0 Å². The number of hydrogen-bond donors (Lipinski definition) is 0. The third-order valence-corrected chi connectivity index (χ3v) is 4.12. The van der Waals surface area contributed by atoms with E-state index in [-0.39, 0.29) is 6.04 Å². The van der Waals surface area contributed by atoms with Crippen molar-refractivity contribution in [2.75, 3.05) is 6.61 Å². The first kappa shape index (κ1) is 11.1. The summed E-state index contributed by atoms with van der Waals surface area (Å²) in [6.07, 6.45) is 6.59. The Bertz CT molecular complexity index is 411. The van der Waals surface area contributed by atoms with Gasteiger partial charge in [-0.15, -0.1) is 0 Å². The molecule has 1 fully saturated rings. The molecule has 0 spiro atoms. The van der Waals surface area contributed by atoms with Crippen molar-refractivity contribution < 1.29 is 4.74 Å². The van der Waals surface area contributed by atoms with Gasteiger partial charge in [-0.25, -0.2) is 4.99 Å². The molecule has 89 valence electrons. The van der Waals surface area contributed by atoms with Crippen LogP contribution in [0.4, 0.5) is 0 Å². The zero-order valence-corrected chi connectivity index (χ0v) is 10.4. The second kappa shape index (κ2) is 4.69. The molecule has 1 aliphatic carbocycles. The number of nitrogens with zero attached hydrogens (tertiary/aromatic N) is 1. The molecule has 3 heteroatoms. The molecule has 2 aliphatic rings. The molecule has 0 saturated heterocycles. The molecule has 1 saturated carbocycles. The highest BCUT2D eigenvalue weighted by Crippen LogP contribution is 2.43. The average Bonchev–Trinajstić information content (AvgIpc) is 2.78. The molecule has 0 amide bonds. The molecule has 17 heavy (non-hydrogen) atoms. The summed E-state index contributed by atoms with van der Waals surface area (Å²) in [6, 6.07) is 8.41. The Balaban J connectivity index is 1.86. The number of halogens is 1. The third kappa shape index (κ3) is 2.19. The van der Waals surface area contributed by atoms with Crippen molar-refractivity contribution in [1.82, 2.24) is 0 Å². The van der Waals surface area contributed by atoms with Gasteiger partial charge in [-0.2, -0.15) is 0 Å². The van der Waals surface area contributed by atoms with E-state index in [9.17, 15) is 0 Å². The lowest BCUT2D eigenvalue weighted by Gasteiger charge is -2.36. The standard InChI is InChI=1S/C14H15ClNO/c15-12-6-4-11(5-7-12)14(10-2-1-3-10)13-8-17-9-16-13/h4-7,10,13-14H,1-3,8H2. The molecule has 1 aliphatic heterocycles. The van der Waals surface area contributed by atoms with Crippen LogP contribution in [0, 0.1) is 5.92 Å². The van der Waals surface area contributed by atoms with Gasteiger partial charge in [0.15, 0.2) is 0 Å². The summed E-state index contributed by atoms with van der Waals surface area (Å²) in [4.78, 5) is 4.33. The van der Waals surface area contributed by atoms with Crippen molar-refractivity contribution in [3.8, 4) is 0 Å². The molecule has 3 rings (SSSR count). The zero-order chi connectivity index (χ0) is 11.7. The van der Waals surface area contributed by atoms with Crippen molar-refractivity contribution >= 4 is 18.0 Å². The van der Waals surface area contributed by atoms with E-state index in [1.165, 1.54) is 24.8 Å². The summed E-state index contributed by atoms with van der Waals surface area (Å²) < 4.78 is 5.16. The van der Waals surface area contributed by atoms with Crippen molar-refractivity contribution in [1.29, 1.82) is 0 Å². The molecule has 1 heterocycles. The van der Waals surface area contributed by atoms with Crippen LogP contribution in [0.25, 0.3) is 0 Å². The molecule has 1 aromatic carbocycles. The maximum atomic E-state index is 5.94. The van der Waals surface area contributed by atoms with Crippen LogP contribution in [-0.4, -0.2) is 19.0 Å². The Labute approximate surface area is 107 Å². The van der Waals surface area contributed by atoms with E-state index in [4.69, 9.17) is 16.3 Å². The Hall–Kier alpha value is -1.02. The minimum atomic E-state index is 0.237. The zero-order valence-electron chi connectivity index (χ0n) is 9.60. The largest absolute Gasteiger partial charge is 0.472 e. The van der Waals surface area contributed by atoms with E-state index in [1.807, 2.05) is 12.1 Å². The molecule has 0 bridgehead atoms. The summed E-state index contributed by atoms with van der Waals surface area (Å²) >= 11 is 5.94. The monoisotopic (exact) mass is 248 g/mol. The van der Waals surface area contributed by atoms with Crippen LogP contribution in [-0.2, 0) is 4.74 Å². The quantitative estimate of drug-likeness (QED) is 0.802. The predicted molar refractivity (Wildman–Crippen MR) is 68.7 cm³/mol. The smallest absolute Gasteiger partial charge is 0.273 e. The number of hydrogen-bond acceptors (Lipinski definition) is 2. The van der Waals surface area contributed by atoms with Crippen LogP contribution in [0.1, 0.15) is 30.7 Å². The van der Waals surface area contributed by atoms with Crippen LogP contribution in [0.3, 0.4) is 0 Å². The molecule has 0 N–H and O–H groups in total. The summed E-state index contributed by atoms with van der Waals surface area (Å²) in [5.74, 6) is 1.21. The topological polar surface area (TPSA) is 21.6 Å². The fourth-order valence-electron chi connectivity index (χ4n) is 2.74. The van der Waals surface area contributed by atoms with Crippen molar-refractivity contribution in [2.45, 2.75) is 31.2 Å². The van der Waals surface area contributed by atoms with Gasteiger partial charge in [-0.3, -0.25) is 0 Å². The minimum Gasteiger partial charge on any atom is -0.472 e. The minimum absolute atomic E-state index is 0.237. The lowest BCUT2D eigenvalue weighted by molar-refractivity contribution is 0.211. The van der Waals surface area contributed by atoms with Crippen LogP contribution >= 0.6 is 11.6 Å². The van der Waals surface area contributed by atoms with Gasteiger partial charge in [-0.1, -0.05) is 30.2 Å². The first-order valence-corrected chi connectivity index (χ1v) is 6.54. The molecule has 0 aromatic heterocycles. The van der Waals surface area contributed by atoms with Gasteiger partial charge in [0.05, 0.1) is 6.04 Å². The Kier molecular flexibility index (Phi) is 3.06. The van der Waals surface area contributed by atoms with Crippen molar-refractivity contribution in [3.63, 3.8) is 0 Å². The second-order valence-electron chi connectivity index (χ2n) is 4.87. The first-order chi connectivity index (χ1) is 8.34. The van der Waals surface area contributed by atoms with E-state index in [1.54, 1.807) is 0 Å². The SMILES string of the molecule is Clc1ccc(C(C2CCC2)C2CO[C]=N2)cc1. The number of rotatable bonds is 3. The first-order valence-electron chi connectivity index (χ1n) is 6.17. The van der Waals surface area contributed by atoms with Gasteiger partial charge in [0, 0.05) is 10.9 Å². The molecule has 1 radical (unpaired) electrons. The highest BCUT2D eigenvalue weighted by atomic mass is 35.5. The van der Waals surface area contributed by atoms with Crippen LogP contribution in [0.5, 0.6) is 0 Å². The van der Waals surface area contributed by atoms with Gasteiger partial charge < -0.3 is 4.74 Å². The fourth-order valence-corrected chi connectivity index (χ4v) is 2.87. The van der Waals surface area contributed by atoms with E-state index >= 15 is 0 Å². The lowest BCUT2D eigenvalue weighted by atomic mass is 9.70. The van der Waals surface area contributed by atoms with E-state index < -0.39 is 0 Å². The second-order valence-corrected chi connectivity index (χ2v) is 5.30. The highest BCUT2D eigenvalue weighted by Gasteiger charge is 2.35. The molecule has 2 unspecified atom stereocenters. The van der Waals surface area contributed by atoms with Gasteiger partial charge in [0.1, 0.15) is 6.61 Å². The van der Waals surface area contributed by atoms with Gasteiger partial charge in [0.25, 0.3) is 6.40 Å². The summed E-state index contributed by atoms with van der Waals surface area (Å²) in [7, 11) is 0. The predicted octanol–water partition coefficient (Wildman–Crippen LogP) is 3.53. The number of benzene rings is 1. The highest BCUT2D eigenvalue weighted by molar-refractivity contribution is 6.30. The fraction of sp³-hybridized carbons (Fsp3) is 0.500. The Morgan fingerprint density at radius 3 is 2.59 bits per heavy atom. The van der Waals surface area contributed by atoms with Crippen molar-refractivity contribution in [3.05, 3.63) is 34.9 Å². The van der Waals surface area contributed by atoms with E-state index in [2.05, 4.69) is 23.5 Å². The van der Waals surface area contributed by atoms with Gasteiger partial charge in [-0.05, 0) is 36.5 Å². The lowest BCUT2D eigenvalue weighted by Crippen LogP contribution is -2.30. The number of ether oxygens (including phenoxy) is 1. The number of aliphatic imine (C=N–C) groups is 1. The van der Waals surface area contributed by atoms with Crippen molar-refractivity contribution in [2.24, 2.45) is 10.9 Å². The molecular weight excluding hydrogens is 234 g/mol. The third-order valence-electron chi connectivity index (χ3n) is 3.86. The van der Waals surface area contributed by atoms with Crippen LogP contribution in [0.15, 0.2) is 29.3 Å². The molecule has 2 atom stereocenters.